The Bertz CT molecular complexity index is 760. The zero-order valence-electron chi connectivity index (χ0n) is 17.4. The van der Waals surface area contributed by atoms with Crippen LogP contribution in [0.3, 0.4) is 0 Å². The second kappa shape index (κ2) is 9.13. The highest BCUT2D eigenvalue weighted by molar-refractivity contribution is 5.73. The SMILES string of the molecule is CC(=O)N[C@@H](C)c1ccc(C2CCN(c3ccc(OC(C)C)cc3)CC2)cc1. The number of benzene rings is 2. The van der Waals surface area contributed by atoms with E-state index in [0.29, 0.717) is 5.92 Å². The van der Waals surface area contributed by atoms with Gasteiger partial charge in [-0.3, -0.25) is 4.79 Å². The van der Waals surface area contributed by atoms with Gasteiger partial charge in [-0.05, 0) is 74.9 Å². The molecule has 28 heavy (non-hydrogen) atoms. The summed E-state index contributed by atoms with van der Waals surface area (Å²) < 4.78 is 5.74. The molecule has 2 aromatic rings. The lowest BCUT2D eigenvalue weighted by Crippen LogP contribution is -2.32. The van der Waals surface area contributed by atoms with Gasteiger partial charge in [0.05, 0.1) is 12.1 Å². The highest BCUT2D eigenvalue weighted by atomic mass is 16.5. The van der Waals surface area contributed by atoms with Crippen molar-refractivity contribution in [2.24, 2.45) is 0 Å². The quantitative estimate of drug-likeness (QED) is 0.762. The van der Waals surface area contributed by atoms with Crippen molar-refractivity contribution in [2.75, 3.05) is 18.0 Å². The number of anilines is 1. The maximum absolute atomic E-state index is 11.2. The van der Waals surface area contributed by atoms with Crippen molar-refractivity contribution < 1.29 is 9.53 Å². The summed E-state index contributed by atoms with van der Waals surface area (Å²) in [7, 11) is 0. The molecule has 0 spiro atoms. The van der Waals surface area contributed by atoms with Crippen molar-refractivity contribution in [3.63, 3.8) is 0 Å². The van der Waals surface area contributed by atoms with Crippen LogP contribution in [0.5, 0.6) is 5.75 Å². The van der Waals surface area contributed by atoms with Gasteiger partial charge in [-0.1, -0.05) is 24.3 Å². The topological polar surface area (TPSA) is 41.6 Å². The molecule has 2 aromatic carbocycles. The molecule has 1 aliphatic rings. The van der Waals surface area contributed by atoms with Crippen LogP contribution in [-0.4, -0.2) is 25.1 Å². The van der Waals surface area contributed by atoms with Gasteiger partial charge in [0, 0.05) is 25.7 Å². The summed E-state index contributed by atoms with van der Waals surface area (Å²) >= 11 is 0. The van der Waals surface area contributed by atoms with Gasteiger partial charge in [0.2, 0.25) is 5.91 Å². The van der Waals surface area contributed by atoms with E-state index < -0.39 is 0 Å². The minimum Gasteiger partial charge on any atom is -0.491 e. The summed E-state index contributed by atoms with van der Waals surface area (Å²) in [6.45, 7) is 9.81. The summed E-state index contributed by atoms with van der Waals surface area (Å²) in [5.74, 6) is 1.54. The van der Waals surface area contributed by atoms with Crippen LogP contribution in [-0.2, 0) is 4.79 Å². The summed E-state index contributed by atoms with van der Waals surface area (Å²) in [5.41, 5.74) is 3.83. The Hall–Kier alpha value is -2.49. The number of nitrogens with one attached hydrogen (secondary N) is 1. The van der Waals surface area contributed by atoms with Crippen molar-refractivity contribution in [3.8, 4) is 5.75 Å². The van der Waals surface area contributed by atoms with Gasteiger partial charge in [-0.2, -0.15) is 0 Å². The standard InChI is InChI=1S/C24H32N2O2/c1-17(2)28-24-11-9-23(10-12-24)26-15-13-22(14-16-26)21-7-5-20(6-8-21)18(3)25-19(4)27/h5-12,17-18,22H,13-16H2,1-4H3,(H,25,27)/t18-/m0/s1. The van der Waals surface area contributed by atoms with E-state index >= 15 is 0 Å². The van der Waals surface area contributed by atoms with Crippen LogP contribution >= 0.6 is 0 Å². The van der Waals surface area contributed by atoms with Gasteiger partial charge in [-0.25, -0.2) is 0 Å². The van der Waals surface area contributed by atoms with E-state index in [1.165, 1.54) is 11.3 Å². The lowest BCUT2D eigenvalue weighted by atomic mass is 9.88. The Morgan fingerprint density at radius 3 is 2.14 bits per heavy atom. The summed E-state index contributed by atoms with van der Waals surface area (Å²) in [4.78, 5) is 13.7. The molecule has 0 unspecified atom stereocenters. The molecule has 0 aromatic heterocycles. The molecule has 0 saturated carbocycles. The highest BCUT2D eigenvalue weighted by Crippen LogP contribution is 2.31. The minimum absolute atomic E-state index is 0.00718. The van der Waals surface area contributed by atoms with Gasteiger partial charge >= 0.3 is 0 Å². The van der Waals surface area contributed by atoms with Gasteiger partial charge < -0.3 is 15.0 Å². The average Bonchev–Trinajstić information content (AvgIpc) is 2.68. The van der Waals surface area contributed by atoms with Gasteiger partial charge in [0.1, 0.15) is 5.75 Å². The van der Waals surface area contributed by atoms with Crippen LogP contribution in [0, 0.1) is 0 Å². The third-order valence-corrected chi connectivity index (χ3v) is 5.40. The van der Waals surface area contributed by atoms with Crippen molar-refractivity contribution in [2.45, 2.75) is 58.6 Å². The molecular formula is C24H32N2O2. The number of carbonyl (C=O) groups is 1. The van der Waals surface area contributed by atoms with E-state index in [1.807, 2.05) is 20.8 Å². The lowest BCUT2D eigenvalue weighted by Gasteiger charge is -2.34. The molecule has 1 amide bonds. The average molecular weight is 381 g/mol. The van der Waals surface area contributed by atoms with Crippen LogP contribution in [0.4, 0.5) is 5.69 Å². The van der Waals surface area contributed by atoms with Gasteiger partial charge in [0.25, 0.3) is 0 Å². The molecule has 150 valence electrons. The van der Waals surface area contributed by atoms with E-state index in [4.69, 9.17) is 4.74 Å². The predicted molar refractivity (Wildman–Crippen MR) is 115 cm³/mol. The Morgan fingerprint density at radius 1 is 1.00 bits per heavy atom. The number of nitrogens with zero attached hydrogens (tertiary/aromatic N) is 1. The maximum atomic E-state index is 11.2. The molecule has 0 radical (unpaired) electrons. The number of rotatable bonds is 6. The Kier molecular flexibility index (Phi) is 6.61. The predicted octanol–water partition coefficient (Wildman–Crippen LogP) is 5.05. The Morgan fingerprint density at radius 2 is 1.61 bits per heavy atom. The first-order valence-corrected chi connectivity index (χ1v) is 10.3. The fraction of sp³-hybridized carbons (Fsp3) is 0.458. The fourth-order valence-corrected chi connectivity index (χ4v) is 3.92. The van der Waals surface area contributed by atoms with Gasteiger partial charge in [0.15, 0.2) is 0 Å². The van der Waals surface area contributed by atoms with Crippen LogP contribution in [0.1, 0.15) is 63.6 Å². The number of piperidine rings is 1. The van der Waals surface area contributed by atoms with E-state index in [2.05, 4.69) is 58.7 Å². The smallest absolute Gasteiger partial charge is 0.217 e. The normalized spacial score (nSPS) is 16.1. The summed E-state index contributed by atoms with van der Waals surface area (Å²) in [6, 6.07) is 17.3. The molecule has 1 aliphatic heterocycles. The van der Waals surface area contributed by atoms with E-state index in [9.17, 15) is 4.79 Å². The minimum atomic E-state index is 0.00718. The molecule has 3 rings (SSSR count). The molecule has 1 atom stereocenters. The van der Waals surface area contributed by atoms with E-state index in [0.717, 1.165) is 37.2 Å². The molecule has 1 heterocycles. The number of ether oxygens (including phenoxy) is 1. The largest absolute Gasteiger partial charge is 0.491 e. The summed E-state index contributed by atoms with van der Waals surface area (Å²) in [6.07, 6.45) is 2.52. The molecule has 4 heteroatoms. The molecule has 0 bridgehead atoms. The number of hydrogen-bond donors (Lipinski definition) is 1. The number of amides is 1. The first-order valence-electron chi connectivity index (χ1n) is 10.3. The van der Waals surface area contributed by atoms with E-state index in [1.54, 1.807) is 6.92 Å². The zero-order chi connectivity index (χ0) is 20.1. The first kappa shape index (κ1) is 20.2. The molecule has 4 nitrogen and oxygen atoms in total. The fourth-order valence-electron chi connectivity index (χ4n) is 3.92. The van der Waals surface area contributed by atoms with Crippen LogP contribution in [0.2, 0.25) is 0 Å². The van der Waals surface area contributed by atoms with E-state index in [-0.39, 0.29) is 18.1 Å². The Balaban J connectivity index is 1.55. The number of carbonyl (C=O) groups excluding carboxylic acids is 1. The Labute approximate surface area is 168 Å². The van der Waals surface area contributed by atoms with Crippen molar-refractivity contribution in [3.05, 3.63) is 59.7 Å². The monoisotopic (exact) mass is 380 g/mol. The number of hydrogen-bond acceptors (Lipinski definition) is 3. The molecular weight excluding hydrogens is 348 g/mol. The van der Waals surface area contributed by atoms with Crippen LogP contribution < -0.4 is 15.0 Å². The molecule has 1 N–H and O–H groups in total. The second-order valence-corrected chi connectivity index (χ2v) is 8.01. The molecule has 1 saturated heterocycles. The van der Waals surface area contributed by atoms with Crippen molar-refractivity contribution >= 4 is 11.6 Å². The molecule has 1 fully saturated rings. The highest BCUT2D eigenvalue weighted by Gasteiger charge is 2.21. The lowest BCUT2D eigenvalue weighted by molar-refractivity contribution is -0.119. The second-order valence-electron chi connectivity index (χ2n) is 8.01. The molecule has 0 aliphatic carbocycles. The van der Waals surface area contributed by atoms with Crippen LogP contribution in [0.15, 0.2) is 48.5 Å². The van der Waals surface area contributed by atoms with Crippen molar-refractivity contribution in [1.82, 2.24) is 5.32 Å². The van der Waals surface area contributed by atoms with Gasteiger partial charge in [-0.15, -0.1) is 0 Å². The first-order chi connectivity index (χ1) is 13.4. The zero-order valence-corrected chi connectivity index (χ0v) is 17.4. The summed E-state index contributed by atoms with van der Waals surface area (Å²) in [5, 5.41) is 2.94. The maximum Gasteiger partial charge on any atom is 0.217 e. The third-order valence-electron chi connectivity index (χ3n) is 5.40. The third kappa shape index (κ3) is 5.28. The van der Waals surface area contributed by atoms with Crippen LogP contribution in [0.25, 0.3) is 0 Å². The van der Waals surface area contributed by atoms with Crippen molar-refractivity contribution in [1.29, 1.82) is 0 Å².